The van der Waals surface area contributed by atoms with Crippen molar-refractivity contribution >= 4 is 11.3 Å². The molecule has 1 unspecified atom stereocenters. The maximum atomic E-state index is 5.71. The third-order valence-corrected chi connectivity index (χ3v) is 3.49. The number of methoxy groups -OCH3 is 1. The van der Waals surface area contributed by atoms with Crippen LogP contribution in [-0.4, -0.2) is 27.3 Å². The standard InChI is InChI=1S/C10H15NO2S/c1-11-5-7-10-8(12-2)6-14-9(10)3-4-13-7/h6-7,11H,3-5H2,1-2H3. The van der Waals surface area contributed by atoms with Gasteiger partial charge in [0.1, 0.15) is 5.75 Å². The van der Waals surface area contributed by atoms with Gasteiger partial charge >= 0.3 is 0 Å². The number of fused-ring (bicyclic) bond motifs is 1. The van der Waals surface area contributed by atoms with E-state index in [-0.39, 0.29) is 6.10 Å². The molecule has 2 heterocycles. The van der Waals surface area contributed by atoms with Crippen molar-refractivity contribution in [3.8, 4) is 5.75 Å². The van der Waals surface area contributed by atoms with E-state index in [0.29, 0.717) is 0 Å². The van der Waals surface area contributed by atoms with E-state index in [1.54, 1.807) is 18.4 Å². The smallest absolute Gasteiger partial charge is 0.135 e. The minimum atomic E-state index is 0.157. The summed E-state index contributed by atoms with van der Waals surface area (Å²) in [6.07, 6.45) is 1.17. The second kappa shape index (κ2) is 4.29. The molecule has 1 aliphatic heterocycles. The Kier molecular flexibility index (Phi) is 3.05. The molecule has 0 amide bonds. The molecule has 78 valence electrons. The molecule has 2 rings (SSSR count). The first-order valence-electron chi connectivity index (χ1n) is 4.77. The first kappa shape index (κ1) is 9.96. The molecule has 0 fully saturated rings. The number of hydrogen-bond acceptors (Lipinski definition) is 4. The van der Waals surface area contributed by atoms with E-state index in [9.17, 15) is 0 Å². The van der Waals surface area contributed by atoms with Gasteiger partial charge in [-0.1, -0.05) is 0 Å². The Labute approximate surface area is 88.0 Å². The van der Waals surface area contributed by atoms with Gasteiger partial charge in [0.15, 0.2) is 0 Å². The van der Waals surface area contributed by atoms with Crippen molar-refractivity contribution in [1.29, 1.82) is 0 Å². The highest BCUT2D eigenvalue weighted by molar-refractivity contribution is 7.10. The number of ether oxygens (including phenoxy) is 2. The molecule has 1 N–H and O–H groups in total. The maximum absolute atomic E-state index is 5.71. The van der Waals surface area contributed by atoms with Crippen molar-refractivity contribution in [2.24, 2.45) is 0 Å². The lowest BCUT2D eigenvalue weighted by Gasteiger charge is -2.23. The van der Waals surface area contributed by atoms with E-state index in [4.69, 9.17) is 9.47 Å². The normalized spacial score (nSPS) is 20.6. The Morgan fingerprint density at radius 2 is 2.57 bits per heavy atom. The highest BCUT2D eigenvalue weighted by Gasteiger charge is 2.25. The second-order valence-corrected chi connectivity index (χ2v) is 4.27. The van der Waals surface area contributed by atoms with Crippen LogP contribution in [0.3, 0.4) is 0 Å². The van der Waals surface area contributed by atoms with E-state index in [2.05, 4.69) is 10.7 Å². The summed E-state index contributed by atoms with van der Waals surface area (Å²) in [4.78, 5) is 1.41. The van der Waals surface area contributed by atoms with Gasteiger partial charge in [-0.3, -0.25) is 0 Å². The van der Waals surface area contributed by atoms with Crippen LogP contribution in [0.15, 0.2) is 5.38 Å². The Balaban J connectivity index is 2.30. The summed E-state index contributed by atoms with van der Waals surface area (Å²) in [7, 11) is 3.66. The zero-order valence-electron chi connectivity index (χ0n) is 8.50. The Morgan fingerprint density at radius 1 is 1.71 bits per heavy atom. The second-order valence-electron chi connectivity index (χ2n) is 3.31. The lowest BCUT2D eigenvalue weighted by Crippen LogP contribution is -2.24. The number of rotatable bonds is 3. The largest absolute Gasteiger partial charge is 0.495 e. The van der Waals surface area contributed by atoms with E-state index >= 15 is 0 Å². The Hall–Kier alpha value is -0.580. The van der Waals surface area contributed by atoms with Crippen LogP contribution in [0.2, 0.25) is 0 Å². The Morgan fingerprint density at radius 3 is 3.29 bits per heavy atom. The third-order valence-electron chi connectivity index (χ3n) is 2.45. The molecule has 0 aliphatic carbocycles. The first-order valence-corrected chi connectivity index (χ1v) is 5.65. The quantitative estimate of drug-likeness (QED) is 0.827. The van der Waals surface area contributed by atoms with E-state index < -0.39 is 0 Å². The molecule has 0 bridgehead atoms. The molecular weight excluding hydrogens is 198 g/mol. The fourth-order valence-corrected chi connectivity index (χ4v) is 2.84. The van der Waals surface area contributed by atoms with Gasteiger partial charge in [-0.2, -0.15) is 0 Å². The number of thiophene rings is 1. The topological polar surface area (TPSA) is 30.5 Å². The minimum Gasteiger partial charge on any atom is -0.495 e. The molecule has 14 heavy (non-hydrogen) atoms. The van der Waals surface area contributed by atoms with Gasteiger partial charge in [0.25, 0.3) is 0 Å². The fourth-order valence-electron chi connectivity index (χ4n) is 1.80. The van der Waals surface area contributed by atoms with Crippen LogP contribution in [-0.2, 0) is 11.2 Å². The van der Waals surface area contributed by atoms with Crippen LogP contribution >= 0.6 is 11.3 Å². The van der Waals surface area contributed by atoms with Crippen molar-refractivity contribution in [2.45, 2.75) is 12.5 Å². The van der Waals surface area contributed by atoms with Crippen LogP contribution in [0, 0.1) is 0 Å². The summed E-state index contributed by atoms with van der Waals surface area (Å²) in [6.45, 7) is 1.67. The molecule has 0 saturated carbocycles. The monoisotopic (exact) mass is 213 g/mol. The van der Waals surface area contributed by atoms with Crippen LogP contribution < -0.4 is 10.1 Å². The first-order chi connectivity index (χ1) is 6.86. The van der Waals surface area contributed by atoms with E-state index in [1.165, 1.54) is 10.4 Å². The molecule has 3 nitrogen and oxygen atoms in total. The fraction of sp³-hybridized carbons (Fsp3) is 0.600. The van der Waals surface area contributed by atoms with Crippen molar-refractivity contribution in [3.63, 3.8) is 0 Å². The Bertz CT molecular complexity index is 298. The van der Waals surface area contributed by atoms with Gasteiger partial charge in [-0.15, -0.1) is 11.3 Å². The van der Waals surface area contributed by atoms with Crippen LogP contribution in [0.5, 0.6) is 5.75 Å². The van der Waals surface area contributed by atoms with E-state index in [1.807, 2.05) is 7.05 Å². The van der Waals surface area contributed by atoms with Gasteiger partial charge in [-0.05, 0) is 7.05 Å². The summed E-state index contributed by atoms with van der Waals surface area (Å²) in [5.41, 5.74) is 1.25. The average Bonchev–Trinajstić information content (AvgIpc) is 2.62. The maximum Gasteiger partial charge on any atom is 0.135 e. The average molecular weight is 213 g/mol. The highest BCUT2D eigenvalue weighted by atomic mass is 32.1. The third kappa shape index (κ3) is 1.65. The number of hydrogen-bond donors (Lipinski definition) is 1. The van der Waals surface area contributed by atoms with Gasteiger partial charge in [-0.25, -0.2) is 0 Å². The molecule has 0 spiro atoms. The summed E-state index contributed by atoms with van der Waals surface area (Å²) in [6, 6.07) is 0. The minimum absolute atomic E-state index is 0.157. The number of likely N-dealkylation sites (N-methyl/N-ethyl adjacent to an activating group) is 1. The molecule has 0 aromatic carbocycles. The molecule has 0 radical (unpaired) electrons. The zero-order valence-corrected chi connectivity index (χ0v) is 9.32. The SMILES string of the molecule is CNCC1OCCc2scc(OC)c21. The lowest BCUT2D eigenvalue weighted by atomic mass is 10.1. The molecule has 1 aliphatic rings. The number of nitrogens with one attached hydrogen (secondary N) is 1. The van der Waals surface area contributed by atoms with Gasteiger partial charge in [0.05, 0.1) is 19.8 Å². The lowest BCUT2D eigenvalue weighted by molar-refractivity contribution is 0.0433. The van der Waals surface area contributed by atoms with Crippen molar-refractivity contribution in [2.75, 3.05) is 27.3 Å². The molecule has 4 heteroatoms. The predicted octanol–water partition coefficient (Wildman–Crippen LogP) is 1.59. The van der Waals surface area contributed by atoms with Gasteiger partial charge in [0.2, 0.25) is 0 Å². The predicted molar refractivity (Wildman–Crippen MR) is 57.2 cm³/mol. The van der Waals surface area contributed by atoms with Crippen molar-refractivity contribution in [3.05, 3.63) is 15.8 Å². The molecular formula is C10H15NO2S. The molecule has 0 saturated heterocycles. The van der Waals surface area contributed by atoms with Crippen LogP contribution in [0.4, 0.5) is 0 Å². The van der Waals surface area contributed by atoms with Crippen LogP contribution in [0.25, 0.3) is 0 Å². The zero-order chi connectivity index (χ0) is 9.97. The van der Waals surface area contributed by atoms with Crippen molar-refractivity contribution in [1.82, 2.24) is 5.32 Å². The van der Waals surface area contributed by atoms with E-state index in [0.717, 1.165) is 25.3 Å². The molecule has 1 aromatic heterocycles. The highest BCUT2D eigenvalue weighted by Crippen LogP contribution is 2.38. The summed E-state index contributed by atoms with van der Waals surface area (Å²) < 4.78 is 11.0. The summed E-state index contributed by atoms with van der Waals surface area (Å²) in [5.74, 6) is 0.977. The van der Waals surface area contributed by atoms with Crippen LogP contribution in [0.1, 0.15) is 16.5 Å². The van der Waals surface area contributed by atoms with Gasteiger partial charge < -0.3 is 14.8 Å². The molecule has 1 atom stereocenters. The molecule has 1 aromatic rings. The van der Waals surface area contributed by atoms with Gasteiger partial charge in [0, 0.05) is 28.8 Å². The summed E-state index contributed by atoms with van der Waals surface area (Å²) in [5, 5.41) is 5.21. The summed E-state index contributed by atoms with van der Waals surface area (Å²) >= 11 is 1.77. The van der Waals surface area contributed by atoms with Crippen molar-refractivity contribution < 1.29 is 9.47 Å².